The first-order valence-electron chi connectivity index (χ1n) is 4.98. The first-order valence-corrected chi connectivity index (χ1v) is 5.41. The van der Waals surface area contributed by atoms with Gasteiger partial charge in [-0.05, 0) is 26.7 Å². The van der Waals surface area contributed by atoms with Crippen molar-refractivity contribution in [2.75, 3.05) is 20.2 Å². The van der Waals surface area contributed by atoms with E-state index < -0.39 is 5.38 Å². The molecule has 1 rings (SSSR count). The highest BCUT2D eigenvalue weighted by Gasteiger charge is 2.32. The number of carbonyl (C=O) groups excluding carboxylic acids is 1. The third-order valence-electron chi connectivity index (χ3n) is 2.59. The summed E-state index contributed by atoms with van der Waals surface area (Å²) in [6.07, 6.45) is 2.09. The van der Waals surface area contributed by atoms with E-state index >= 15 is 0 Å². The molecular formula is C10H18ClNO2. The molecule has 0 aromatic rings. The minimum atomic E-state index is -0.454. The molecule has 82 valence electrons. The van der Waals surface area contributed by atoms with E-state index in [0.29, 0.717) is 6.54 Å². The fourth-order valence-electron chi connectivity index (χ4n) is 1.84. The molecule has 0 aromatic carbocycles. The molecule has 1 amide bonds. The second-order valence-corrected chi connectivity index (χ2v) is 4.87. The van der Waals surface area contributed by atoms with E-state index in [9.17, 15) is 4.79 Å². The summed E-state index contributed by atoms with van der Waals surface area (Å²) in [6, 6.07) is 0. The van der Waals surface area contributed by atoms with Gasteiger partial charge in [0.25, 0.3) is 0 Å². The Kier molecular flexibility index (Phi) is 3.78. The van der Waals surface area contributed by atoms with Crippen LogP contribution in [0.15, 0.2) is 0 Å². The summed E-state index contributed by atoms with van der Waals surface area (Å²) in [4.78, 5) is 13.2. The van der Waals surface area contributed by atoms with Crippen molar-refractivity contribution in [1.29, 1.82) is 0 Å². The molecule has 1 aliphatic rings. The Labute approximate surface area is 90.4 Å². The van der Waals surface area contributed by atoms with Gasteiger partial charge < -0.3 is 9.64 Å². The van der Waals surface area contributed by atoms with Gasteiger partial charge in [-0.15, -0.1) is 11.6 Å². The molecule has 0 radical (unpaired) electrons. The number of hydrogen-bond donors (Lipinski definition) is 0. The largest absolute Gasteiger partial charge is 0.373 e. The number of hydrogen-bond acceptors (Lipinski definition) is 2. The minimum Gasteiger partial charge on any atom is -0.373 e. The molecule has 0 aliphatic carbocycles. The second kappa shape index (κ2) is 4.49. The lowest BCUT2D eigenvalue weighted by molar-refractivity contribution is -0.132. The van der Waals surface area contributed by atoms with Crippen LogP contribution in [0.1, 0.15) is 26.7 Å². The highest BCUT2D eigenvalue weighted by atomic mass is 35.5. The molecular weight excluding hydrogens is 202 g/mol. The number of likely N-dealkylation sites (N-methyl/N-ethyl adjacent to an activating group) is 1. The smallest absolute Gasteiger partial charge is 0.240 e. The Bertz CT molecular complexity index is 212. The summed E-state index contributed by atoms with van der Waals surface area (Å²) in [7, 11) is 1.77. The lowest BCUT2D eigenvalue weighted by Gasteiger charge is -2.29. The molecule has 1 saturated heterocycles. The number of nitrogens with zero attached hydrogens (tertiary/aromatic N) is 1. The lowest BCUT2D eigenvalue weighted by atomic mass is 10.0. The van der Waals surface area contributed by atoms with Crippen LogP contribution in [0.25, 0.3) is 0 Å². The third kappa shape index (κ3) is 2.85. The van der Waals surface area contributed by atoms with Gasteiger partial charge >= 0.3 is 0 Å². The van der Waals surface area contributed by atoms with E-state index in [1.807, 2.05) is 6.92 Å². The molecule has 1 aliphatic heterocycles. The van der Waals surface area contributed by atoms with E-state index in [0.717, 1.165) is 19.4 Å². The first kappa shape index (κ1) is 11.8. The molecule has 0 saturated carbocycles. The average Bonchev–Trinajstić information content (AvgIpc) is 2.50. The van der Waals surface area contributed by atoms with E-state index in [1.54, 1.807) is 18.9 Å². The predicted molar refractivity (Wildman–Crippen MR) is 56.5 cm³/mol. The summed E-state index contributed by atoms with van der Waals surface area (Å²) in [6.45, 7) is 5.17. The first-order chi connectivity index (χ1) is 6.44. The van der Waals surface area contributed by atoms with Crippen molar-refractivity contribution in [2.24, 2.45) is 0 Å². The summed E-state index contributed by atoms with van der Waals surface area (Å²) < 4.78 is 5.60. The van der Waals surface area contributed by atoms with Crippen LogP contribution >= 0.6 is 11.6 Å². The monoisotopic (exact) mass is 219 g/mol. The van der Waals surface area contributed by atoms with Crippen molar-refractivity contribution in [2.45, 2.75) is 37.7 Å². The molecule has 2 atom stereocenters. The molecule has 0 aromatic heterocycles. The van der Waals surface area contributed by atoms with Gasteiger partial charge in [0.15, 0.2) is 0 Å². The van der Waals surface area contributed by atoms with Crippen LogP contribution in [0.3, 0.4) is 0 Å². The minimum absolute atomic E-state index is 0.0385. The van der Waals surface area contributed by atoms with Gasteiger partial charge in [0.1, 0.15) is 5.38 Å². The predicted octanol–water partition coefficient (Wildman–Crippen LogP) is 1.64. The molecule has 4 heteroatoms. The number of alkyl halides is 1. The van der Waals surface area contributed by atoms with Gasteiger partial charge in [0.05, 0.1) is 5.60 Å². The van der Waals surface area contributed by atoms with Crippen LogP contribution in [0.5, 0.6) is 0 Å². The maximum absolute atomic E-state index is 11.5. The Morgan fingerprint density at radius 1 is 1.71 bits per heavy atom. The number of ether oxygens (including phenoxy) is 1. The van der Waals surface area contributed by atoms with Crippen LogP contribution < -0.4 is 0 Å². The van der Waals surface area contributed by atoms with Crippen molar-refractivity contribution in [3.63, 3.8) is 0 Å². The van der Waals surface area contributed by atoms with E-state index in [1.165, 1.54) is 0 Å². The zero-order chi connectivity index (χ0) is 10.8. The molecule has 0 bridgehead atoms. The van der Waals surface area contributed by atoms with Crippen LogP contribution in [0.4, 0.5) is 0 Å². The zero-order valence-electron chi connectivity index (χ0n) is 9.05. The normalized spacial score (nSPS) is 28.9. The highest BCUT2D eigenvalue weighted by Crippen LogP contribution is 2.25. The summed E-state index contributed by atoms with van der Waals surface area (Å²) in [5, 5.41) is -0.454. The summed E-state index contributed by atoms with van der Waals surface area (Å²) in [5.74, 6) is -0.0385. The Morgan fingerprint density at radius 2 is 2.36 bits per heavy atom. The van der Waals surface area contributed by atoms with Gasteiger partial charge in [0.2, 0.25) is 5.91 Å². The molecule has 1 fully saturated rings. The number of amides is 1. The molecule has 0 spiro atoms. The van der Waals surface area contributed by atoms with Gasteiger partial charge in [-0.25, -0.2) is 0 Å². The Morgan fingerprint density at radius 3 is 2.79 bits per heavy atom. The number of rotatable bonds is 3. The van der Waals surface area contributed by atoms with Gasteiger partial charge in [-0.3, -0.25) is 4.79 Å². The molecule has 0 N–H and O–H groups in total. The topological polar surface area (TPSA) is 29.5 Å². The van der Waals surface area contributed by atoms with Gasteiger partial charge in [0, 0.05) is 20.2 Å². The van der Waals surface area contributed by atoms with Crippen molar-refractivity contribution in [3.05, 3.63) is 0 Å². The fourth-order valence-corrected chi connectivity index (χ4v) is 2.01. The average molecular weight is 220 g/mol. The fraction of sp³-hybridized carbons (Fsp3) is 0.900. The summed E-state index contributed by atoms with van der Waals surface area (Å²) in [5.41, 5.74) is -0.170. The lowest BCUT2D eigenvalue weighted by Crippen LogP contribution is -2.43. The van der Waals surface area contributed by atoms with Crippen LogP contribution in [-0.4, -0.2) is 42.0 Å². The zero-order valence-corrected chi connectivity index (χ0v) is 9.80. The maximum Gasteiger partial charge on any atom is 0.240 e. The van der Waals surface area contributed by atoms with Crippen LogP contribution in [0.2, 0.25) is 0 Å². The molecule has 3 nitrogen and oxygen atoms in total. The summed E-state index contributed by atoms with van der Waals surface area (Å²) >= 11 is 5.72. The quantitative estimate of drug-likeness (QED) is 0.676. The Balaban J connectivity index is 2.47. The second-order valence-electron chi connectivity index (χ2n) is 4.21. The van der Waals surface area contributed by atoms with E-state index in [-0.39, 0.29) is 11.5 Å². The van der Waals surface area contributed by atoms with Crippen molar-refractivity contribution in [1.82, 2.24) is 4.90 Å². The molecule has 2 unspecified atom stereocenters. The molecule has 1 heterocycles. The van der Waals surface area contributed by atoms with Gasteiger partial charge in [-0.1, -0.05) is 0 Å². The SMILES string of the molecule is CC(Cl)C(=O)N(C)CC1(C)CCCO1. The Hall–Kier alpha value is -0.280. The third-order valence-corrected chi connectivity index (χ3v) is 2.78. The van der Waals surface area contributed by atoms with E-state index in [2.05, 4.69) is 0 Å². The number of halogens is 1. The van der Waals surface area contributed by atoms with Crippen LogP contribution in [-0.2, 0) is 9.53 Å². The highest BCUT2D eigenvalue weighted by molar-refractivity contribution is 6.30. The van der Waals surface area contributed by atoms with Crippen molar-refractivity contribution in [3.8, 4) is 0 Å². The number of carbonyl (C=O) groups is 1. The maximum atomic E-state index is 11.5. The standard InChI is InChI=1S/C10H18ClNO2/c1-8(11)9(13)12(3)7-10(2)5-4-6-14-10/h8H,4-7H2,1-3H3. The van der Waals surface area contributed by atoms with Gasteiger partial charge in [-0.2, -0.15) is 0 Å². The molecule has 14 heavy (non-hydrogen) atoms. The van der Waals surface area contributed by atoms with E-state index in [4.69, 9.17) is 16.3 Å². The van der Waals surface area contributed by atoms with Crippen molar-refractivity contribution >= 4 is 17.5 Å². The van der Waals surface area contributed by atoms with Crippen LogP contribution in [0, 0.1) is 0 Å². The van der Waals surface area contributed by atoms with Crippen molar-refractivity contribution < 1.29 is 9.53 Å².